The zero-order chi connectivity index (χ0) is 14.9. The molecule has 0 aliphatic carbocycles. The molecule has 1 N–H and O–H groups in total. The molecule has 2 rings (SSSR count). The van der Waals surface area contributed by atoms with Gasteiger partial charge in [0.1, 0.15) is 11.5 Å². The van der Waals surface area contributed by atoms with E-state index in [1.807, 2.05) is 6.92 Å². The lowest BCUT2D eigenvalue weighted by atomic mass is 10.2. The number of hydrogen-bond acceptors (Lipinski definition) is 2. The van der Waals surface area contributed by atoms with E-state index in [-0.39, 0.29) is 6.54 Å². The predicted molar refractivity (Wildman–Crippen MR) is 61.5 cm³/mol. The number of halogens is 5. The average molecular weight is 291 g/mol. The molecule has 8 heteroatoms. The first-order valence-electron chi connectivity index (χ1n) is 5.72. The van der Waals surface area contributed by atoms with Crippen LogP contribution in [0.4, 0.5) is 27.6 Å². The highest BCUT2D eigenvalue weighted by atomic mass is 19.2. The van der Waals surface area contributed by atoms with Crippen LogP contribution in [0, 0.1) is 29.1 Å². The summed E-state index contributed by atoms with van der Waals surface area (Å²) in [7, 11) is 0. The van der Waals surface area contributed by atoms with Crippen molar-refractivity contribution in [2.45, 2.75) is 20.0 Å². The molecule has 1 aromatic carbocycles. The third-order valence-electron chi connectivity index (χ3n) is 2.78. The summed E-state index contributed by atoms with van der Waals surface area (Å²) in [5.41, 5.74) is -1.06. The zero-order valence-corrected chi connectivity index (χ0v) is 10.4. The van der Waals surface area contributed by atoms with Crippen LogP contribution >= 0.6 is 0 Å². The number of nitrogens with one attached hydrogen (secondary N) is 1. The quantitative estimate of drug-likeness (QED) is 0.532. The molecule has 0 bridgehead atoms. The smallest absolute Gasteiger partial charge is 0.200 e. The van der Waals surface area contributed by atoms with E-state index in [1.165, 1.54) is 6.20 Å². The summed E-state index contributed by atoms with van der Waals surface area (Å²) in [4.78, 5) is 3.92. The van der Waals surface area contributed by atoms with Gasteiger partial charge in [-0.3, -0.25) is 0 Å². The molecule has 0 atom stereocenters. The SMILES string of the molecule is CCn1ccnc1CNc1c(F)c(F)c(F)c(F)c1F. The number of aromatic nitrogens is 2. The molecule has 0 radical (unpaired) electrons. The maximum absolute atomic E-state index is 13.4. The highest BCUT2D eigenvalue weighted by Gasteiger charge is 2.25. The van der Waals surface area contributed by atoms with Crippen molar-refractivity contribution in [2.75, 3.05) is 5.32 Å². The normalized spacial score (nSPS) is 10.9. The fourth-order valence-electron chi connectivity index (χ4n) is 1.72. The van der Waals surface area contributed by atoms with Crippen LogP contribution in [0.1, 0.15) is 12.7 Å². The van der Waals surface area contributed by atoms with Crippen molar-refractivity contribution in [3.05, 3.63) is 47.3 Å². The van der Waals surface area contributed by atoms with Crippen molar-refractivity contribution >= 4 is 5.69 Å². The van der Waals surface area contributed by atoms with E-state index < -0.39 is 34.8 Å². The second-order valence-electron chi connectivity index (χ2n) is 3.93. The van der Waals surface area contributed by atoms with Crippen molar-refractivity contribution in [2.24, 2.45) is 0 Å². The van der Waals surface area contributed by atoms with E-state index in [2.05, 4.69) is 10.3 Å². The Morgan fingerprint density at radius 1 is 1.00 bits per heavy atom. The van der Waals surface area contributed by atoms with Crippen LogP contribution in [-0.4, -0.2) is 9.55 Å². The third-order valence-corrected chi connectivity index (χ3v) is 2.78. The molecule has 20 heavy (non-hydrogen) atoms. The molecule has 0 amide bonds. The molecule has 2 aromatic rings. The Balaban J connectivity index is 2.31. The molecule has 0 fully saturated rings. The molecular formula is C12H10F5N3. The van der Waals surface area contributed by atoms with Crippen LogP contribution in [0.2, 0.25) is 0 Å². The Kier molecular flexibility index (Phi) is 3.91. The summed E-state index contributed by atoms with van der Waals surface area (Å²) in [6, 6.07) is 0. The molecule has 0 aliphatic rings. The van der Waals surface area contributed by atoms with Crippen molar-refractivity contribution in [3.8, 4) is 0 Å². The van der Waals surface area contributed by atoms with E-state index in [9.17, 15) is 22.0 Å². The maximum Gasteiger partial charge on any atom is 0.200 e. The second-order valence-corrected chi connectivity index (χ2v) is 3.93. The van der Waals surface area contributed by atoms with Gasteiger partial charge in [-0.25, -0.2) is 26.9 Å². The molecule has 0 unspecified atom stereocenters. The van der Waals surface area contributed by atoms with Crippen molar-refractivity contribution in [1.29, 1.82) is 0 Å². The lowest BCUT2D eigenvalue weighted by Gasteiger charge is -2.11. The van der Waals surface area contributed by atoms with Crippen LogP contribution in [0.3, 0.4) is 0 Å². The first kappa shape index (κ1) is 14.3. The van der Waals surface area contributed by atoms with Crippen LogP contribution in [-0.2, 0) is 13.1 Å². The van der Waals surface area contributed by atoms with Crippen molar-refractivity contribution < 1.29 is 22.0 Å². The van der Waals surface area contributed by atoms with E-state index in [0.29, 0.717) is 12.4 Å². The Bertz CT molecular complexity index is 609. The minimum absolute atomic E-state index is 0.167. The third kappa shape index (κ3) is 2.33. The van der Waals surface area contributed by atoms with Gasteiger partial charge in [-0.2, -0.15) is 0 Å². The minimum Gasteiger partial charge on any atom is -0.373 e. The number of nitrogens with zero attached hydrogens (tertiary/aromatic N) is 2. The predicted octanol–water partition coefficient (Wildman–Crippen LogP) is 3.21. The maximum atomic E-state index is 13.4. The van der Waals surface area contributed by atoms with Gasteiger partial charge < -0.3 is 9.88 Å². The Hall–Kier alpha value is -2.12. The summed E-state index contributed by atoms with van der Waals surface area (Å²) >= 11 is 0. The summed E-state index contributed by atoms with van der Waals surface area (Å²) in [5, 5.41) is 2.19. The van der Waals surface area contributed by atoms with Gasteiger partial charge in [0.15, 0.2) is 23.3 Å². The van der Waals surface area contributed by atoms with E-state index in [1.54, 1.807) is 10.8 Å². The lowest BCUT2D eigenvalue weighted by molar-refractivity contribution is 0.381. The number of anilines is 1. The molecule has 0 aliphatic heterocycles. The van der Waals surface area contributed by atoms with Crippen LogP contribution in [0.25, 0.3) is 0 Å². The minimum atomic E-state index is -2.18. The molecule has 3 nitrogen and oxygen atoms in total. The van der Waals surface area contributed by atoms with E-state index in [0.717, 1.165) is 0 Å². The summed E-state index contributed by atoms with van der Waals surface area (Å²) in [5.74, 6) is -9.51. The van der Waals surface area contributed by atoms with Crippen LogP contribution in [0.15, 0.2) is 12.4 Å². The average Bonchev–Trinajstić information content (AvgIpc) is 2.90. The summed E-state index contributed by atoms with van der Waals surface area (Å²) < 4.78 is 67.3. The van der Waals surface area contributed by atoms with Gasteiger partial charge in [-0.1, -0.05) is 0 Å². The van der Waals surface area contributed by atoms with Crippen LogP contribution < -0.4 is 5.32 Å². The largest absolute Gasteiger partial charge is 0.373 e. The van der Waals surface area contributed by atoms with Crippen molar-refractivity contribution in [3.63, 3.8) is 0 Å². The Morgan fingerprint density at radius 3 is 2.10 bits per heavy atom. The molecular weight excluding hydrogens is 281 g/mol. The van der Waals surface area contributed by atoms with Gasteiger partial charge in [0.05, 0.1) is 6.54 Å². The molecule has 108 valence electrons. The van der Waals surface area contributed by atoms with Gasteiger partial charge in [-0.05, 0) is 6.92 Å². The van der Waals surface area contributed by atoms with Gasteiger partial charge >= 0.3 is 0 Å². The Morgan fingerprint density at radius 2 is 1.55 bits per heavy atom. The second kappa shape index (κ2) is 5.48. The van der Waals surface area contributed by atoms with Gasteiger partial charge in [0.2, 0.25) is 5.82 Å². The molecule has 0 saturated heterocycles. The van der Waals surface area contributed by atoms with Gasteiger partial charge in [-0.15, -0.1) is 0 Å². The standard InChI is InChI=1S/C12H10F5N3/c1-2-20-4-3-18-6(20)5-19-12-10(16)8(14)7(13)9(15)11(12)17/h3-4,19H,2,5H2,1H3. The monoisotopic (exact) mass is 291 g/mol. The fourth-order valence-corrected chi connectivity index (χ4v) is 1.72. The first-order chi connectivity index (χ1) is 9.47. The van der Waals surface area contributed by atoms with Gasteiger partial charge in [0, 0.05) is 18.9 Å². The number of aryl methyl sites for hydroxylation is 1. The lowest BCUT2D eigenvalue weighted by Crippen LogP contribution is -2.12. The topological polar surface area (TPSA) is 29.9 Å². The zero-order valence-electron chi connectivity index (χ0n) is 10.4. The Labute approximate surface area is 111 Å². The summed E-state index contributed by atoms with van der Waals surface area (Å²) in [6.07, 6.45) is 3.11. The number of rotatable bonds is 4. The highest BCUT2D eigenvalue weighted by Crippen LogP contribution is 2.27. The van der Waals surface area contributed by atoms with Crippen molar-refractivity contribution in [1.82, 2.24) is 9.55 Å². The number of imidazole rings is 1. The number of hydrogen-bond donors (Lipinski definition) is 1. The fraction of sp³-hybridized carbons (Fsp3) is 0.250. The number of benzene rings is 1. The first-order valence-corrected chi connectivity index (χ1v) is 5.72. The summed E-state index contributed by atoms with van der Waals surface area (Å²) in [6.45, 7) is 2.22. The molecule has 0 spiro atoms. The molecule has 0 saturated carbocycles. The van der Waals surface area contributed by atoms with Crippen LogP contribution in [0.5, 0.6) is 0 Å². The van der Waals surface area contributed by atoms with Gasteiger partial charge in [0.25, 0.3) is 0 Å². The van der Waals surface area contributed by atoms with E-state index >= 15 is 0 Å². The highest BCUT2D eigenvalue weighted by molar-refractivity contribution is 5.47. The molecule has 1 aromatic heterocycles. The van der Waals surface area contributed by atoms with E-state index in [4.69, 9.17) is 0 Å². The molecule has 1 heterocycles.